The third-order valence-electron chi connectivity index (χ3n) is 3.71. The van der Waals surface area contributed by atoms with Crippen molar-refractivity contribution in [3.8, 4) is 0 Å². The SMILES string of the molecule is CCN(Cc1cccc(F)c1)c1ccc(S(=O)(=O)NC)cc1[N+](=O)[O-]. The summed E-state index contributed by atoms with van der Waals surface area (Å²) in [6.45, 7) is 2.49. The van der Waals surface area contributed by atoms with Crippen LogP contribution in [0.2, 0.25) is 0 Å². The van der Waals surface area contributed by atoms with Crippen LogP contribution in [0.3, 0.4) is 0 Å². The van der Waals surface area contributed by atoms with E-state index in [9.17, 15) is 22.9 Å². The van der Waals surface area contributed by atoms with Crippen molar-refractivity contribution in [1.29, 1.82) is 0 Å². The van der Waals surface area contributed by atoms with Crippen molar-refractivity contribution in [3.05, 3.63) is 64.0 Å². The second-order valence-corrected chi connectivity index (χ2v) is 7.15. The molecule has 0 aliphatic heterocycles. The molecule has 25 heavy (non-hydrogen) atoms. The van der Waals surface area contributed by atoms with Crippen LogP contribution in [0.1, 0.15) is 12.5 Å². The van der Waals surface area contributed by atoms with Crippen LogP contribution in [-0.4, -0.2) is 26.9 Å². The van der Waals surface area contributed by atoms with E-state index in [0.717, 1.165) is 6.07 Å². The van der Waals surface area contributed by atoms with Gasteiger partial charge in [0.2, 0.25) is 10.0 Å². The predicted molar refractivity (Wildman–Crippen MR) is 92.5 cm³/mol. The highest BCUT2D eigenvalue weighted by molar-refractivity contribution is 7.89. The maximum absolute atomic E-state index is 13.4. The lowest BCUT2D eigenvalue weighted by molar-refractivity contribution is -0.384. The summed E-state index contributed by atoms with van der Waals surface area (Å²) < 4.78 is 39.2. The molecule has 9 heteroatoms. The van der Waals surface area contributed by atoms with Gasteiger partial charge in [-0.2, -0.15) is 0 Å². The Morgan fingerprint density at radius 2 is 1.96 bits per heavy atom. The van der Waals surface area contributed by atoms with Crippen LogP contribution in [0.5, 0.6) is 0 Å². The van der Waals surface area contributed by atoms with E-state index in [2.05, 4.69) is 4.72 Å². The predicted octanol–water partition coefficient (Wildman–Crippen LogP) is 2.67. The highest BCUT2D eigenvalue weighted by Gasteiger charge is 2.23. The van der Waals surface area contributed by atoms with Gasteiger partial charge >= 0.3 is 0 Å². The number of nitrogens with one attached hydrogen (secondary N) is 1. The Morgan fingerprint density at radius 3 is 2.52 bits per heavy atom. The summed E-state index contributed by atoms with van der Waals surface area (Å²) in [5.41, 5.74) is 0.601. The number of sulfonamides is 1. The minimum atomic E-state index is -3.79. The van der Waals surface area contributed by atoms with E-state index in [1.165, 1.54) is 31.3 Å². The van der Waals surface area contributed by atoms with Gasteiger partial charge in [-0.25, -0.2) is 17.5 Å². The van der Waals surface area contributed by atoms with E-state index in [4.69, 9.17) is 0 Å². The van der Waals surface area contributed by atoms with Gasteiger partial charge in [0.15, 0.2) is 0 Å². The Balaban J connectivity index is 2.46. The molecule has 0 radical (unpaired) electrons. The van der Waals surface area contributed by atoms with E-state index >= 15 is 0 Å². The molecule has 0 fully saturated rings. The molecule has 0 aromatic heterocycles. The van der Waals surface area contributed by atoms with Gasteiger partial charge in [-0.3, -0.25) is 10.1 Å². The first-order valence-corrected chi connectivity index (χ1v) is 8.98. The lowest BCUT2D eigenvalue weighted by Gasteiger charge is -2.23. The Kier molecular flexibility index (Phi) is 5.70. The van der Waals surface area contributed by atoms with Gasteiger partial charge in [0.1, 0.15) is 11.5 Å². The smallest absolute Gasteiger partial charge is 0.293 e. The molecule has 0 heterocycles. The number of benzene rings is 2. The molecule has 1 N–H and O–H groups in total. The Morgan fingerprint density at radius 1 is 1.24 bits per heavy atom. The molecule has 2 aromatic carbocycles. The minimum absolute atomic E-state index is 0.188. The van der Waals surface area contributed by atoms with E-state index in [-0.39, 0.29) is 22.8 Å². The summed E-state index contributed by atoms with van der Waals surface area (Å²) in [7, 11) is -2.56. The third-order valence-corrected chi connectivity index (χ3v) is 5.12. The molecule has 0 bridgehead atoms. The molecule has 7 nitrogen and oxygen atoms in total. The highest BCUT2D eigenvalue weighted by atomic mass is 32.2. The normalized spacial score (nSPS) is 11.3. The van der Waals surface area contributed by atoms with E-state index in [1.807, 2.05) is 0 Å². The molecular formula is C16H18FN3O4S. The summed E-state index contributed by atoms with van der Waals surface area (Å²) in [6.07, 6.45) is 0. The lowest BCUT2D eigenvalue weighted by atomic mass is 10.1. The van der Waals surface area contributed by atoms with Crippen molar-refractivity contribution < 1.29 is 17.7 Å². The number of nitrogens with zero attached hydrogens (tertiary/aromatic N) is 2. The first-order valence-electron chi connectivity index (χ1n) is 7.50. The molecule has 0 aliphatic carbocycles. The highest BCUT2D eigenvalue weighted by Crippen LogP contribution is 2.31. The summed E-state index contributed by atoms with van der Waals surface area (Å²) in [6, 6.07) is 9.68. The van der Waals surface area contributed by atoms with Crippen LogP contribution in [0.4, 0.5) is 15.8 Å². The Hall–Kier alpha value is -2.52. The number of rotatable bonds is 7. The molecule has 2 rings (SSSR count). The van der Waals surface area contributed by atoms with Crippen molar-refractivity contribution in [2.75, 3.05) is 18.5 Å². The first kappa shape index (κ1) is 18.8. The van der Waals surface area contributed by atoms with Crippen LogP contribution in [0.15, 0.2) is 47.4 Å². The summed E-state index contributed by atoms with van der Waals surface area (Å²) in [4.78, 5) is 12.3. The maximum atomic E-state index is 13.4. The largest absolute Gasteiger partial charge is 0.362 e. The molecule has 0 aliphatic rings. The molecule has 0 spiro atoms. The number of hydrogen-bond acceptors (Lipinski definition) is 5. The van der Waals surface area contributed by atoms with Crippen molar-refractivity contribution >= 4 is 21.4 Å². The topological polar surface area (TPSA) is 92.6 Å². The molecular weight excluding hydrogens is 349 g/mol. The zero-order valence-electron chi connectivity index (χ0n) is 13.8. The number of hydrogen-bond donors (Lipinski definition) is 1. The Labute approximate surface area is 145 Å². The van der Waals surface area contributed by atoms with Crippen LogP contribution in [-0.2, 0) is 16.6 Å². The standard InChI is InChI=1S/C16H18FN3O4S/c1-3-19(11-12-5-4-6-13(17)9-12)15-8-7-14(25(23,24)18-2)10-16(15)20(21)22/h4-10,18H,3,11H2,1-2H3. The summed E-state index contributed by atoms with van der Waals surface area (Å²) in [5.74, 6) is -0.390. The zero-order valence-corrected chi connectivity index (χ0v) is 14.6. The molecule has 0 saturated carbocycles. The van der Waals surface area contributed by atoms with Crippen LogP contribution < -0.4 is 9.62 Å². The molecule has 0 atom stereocenters. The average molecular weight is 367 g/mol. The fourth-order valence-corrected chi connectivity index (χ4v) is 3.17. The quantitative estimate of drug-likeness (QED) is 0.600. The van der Waals surface area contributed by atoms with Crippen molar-refractivity contribution in [1.82, 2.24) is 4.72 Å². The van der Waals surface area contributed by atoms with Crippen LogP contribution >= 0.6 is 0 Å². The van der Waals surface area contributed by atoms with Gasteiger partial charge in [0.25, 0.3) is 5.69 Å². The molecule has 0 unspecified atom stereocenters. The Bertz CT molecular complexity index is 887. The second-order valence-electron chi connectivity index (χ2n) is 5.26. The fourth-order valence-electron chi connectivity index (χ4n) is 2.42. The maximum Gasteiger partial charge on any atom is 0.293 e. The fraction of sp³-hybridized carbons (Fsp3) is 0.250. The molecule has 2 aromatic rings. The number of nitro benzene ring substituents is 1. The number of halogens is 1. The first-order chi connectivity index (χ1) is 11.8. The van der Waals surface area contributed by atoms with Crippen molar-refractivity contribution in [2.45, 2.75) is 18.4 Å². The summed E-state index contributed by atoms with van der Waals surface area (Å²) in [5, 5.41) is 11.4. The van der Waals surface area contributed by atoms with Gasteiger partial charge < -0.3 is 4.90 Å². The van der Waals surface area contributed by atoms with Gasteiger partial charge in [0, 0.05) is 19.2 Å². The molecule has 134 valence electrons. The minimum Gasteiger partial charge on any atom is -0.362 e. The van der Waals surface area contributed by atoms with Crippen LogP contribution in [0, 0.1) is 15.9 Å². The van der Waals surface area contributed by atoms with Gasteiger partial charge in [-0.05, 0) is 43.8 Å². The number of nitro groups is 1. The van der Waals surface area contributed by atoms with E-state index in [1.54, 1.807) is 24.0 Å². The third kappa shape index (κ3) is 4.31. The monoisotopic (exact) mass is 367 g/mol. The van der Waals surface area contributed by atoms with Gasteiger partial charge in [-0.15, -0.1) is 0 Å². The molecule has 0 amide bonds. The van der Waals surface area contributed by atoms with E-state index < -0.39 is 20.8 Å². The van der Waals surface area contributed by atoms with Gasteiger partial charge in [0.05, 0.1) is 9.82 Å². The van der Waals surface area contributed by atoms with Gasteiger partial charge in [-0.1, -0.05) is 12.1 Å². The van der Waals surface area contributed by atoms with Crippen molar-refractivity contribution in [3.63, 3.8) is 0 Å². The zero-order chi connectivity index (χ0) is 18.6. The number of anilines is 1. The summed E-state index contributed by atoms with van der Waals surface area (Å²) >= 11 is 0. The van der Waals surface area contributed by atoms with Crippen molar-refractivity contribution in [2.24, 2.45) is 0 Å². The van der Waals surface area contributed by atoms with Crippen LogP contribution in [0.25, 0.3) is 0 Å². The molecule has 0 saturated heterocycles. The van der Waals surface area contributed by atoms with E-state index in [0.29, 0.717) is 12.1 Å². The lowest BCUT2D eigenvalue weighted by Crippen LogP contribution is -2.24. The second kappa shape index (κ2) is 7.58. The average Bonchev–Trinajstić information content (AvgIpc) is 2.59.